The number of H-pyrrole nitrogens is 1. The summed E-state index contributed by atoms with van der Waals surface area (Å²) in [6, 6.07) is 22.0. The lowest BCUT2D eigenvalue weighted by molar-refractivity contribution is 0.0339. The van der Waals surface area contributed by atoms with E-state index in [2.05, 4.69) is 30.1 Å². The third-order valence-corrected chi connectivity index (χ3v) is 6.86. The van der Waals surface area contributed by atoms with E-state index in [1.54, 1.807) is 7.11 Å². The number of carbonyl (C=O) groups excluding carboxylic acids is 1. The van der Waals surface area contributed by atoms with Gasteiger partial charge in [0.25, 0.3) is 5.91 Å². The van der Waals surface area contributed by atoms with Gasteiger partial charge in [-0.05, 0) is 72.9 Å². The van der Waals surface area contributed by atoms with Crippen molar-refractivity contribution in [1.82, 2.24) is 9.88 Å². The minimum Gasteiger partial charge on any atom is -0.497 e. The van der Waals surface area contributed by atoms with Crippen LogP contribution < -0.4 is 4.74 Å². The predicted octanol–water partition coefficient (Wildman–Crippen LogP) is 5.75. The number of benzene rings is 3. The number of nitrogens with zero attached hydrogens (tertiary/aromatic N) is 1. The molecule has 1 atom stereocenters. The maximum absolute atomic E-state index is 13.7. The van der Waals surface area contributed by atoms with Crippen molar-refractivity contribution in [2.75, 3.05) is 20.3 Å². The summed E-state index contributed by atoms with van der Waals surface area (Å²) in [7, 11) is 1.68. The predicted molar refractivity (Wildman–Crippen MR) is 134 cm³/mol. The zero-order valence-electron chi connectivity index (χ0n) is 19.9. The van der Waals surface area contributed by atoms with Crippen LogP contribution in [0.3, 0.4) is 0 Å². The van der Waals surface area contributed by atoms with Crippen molar-refractivity contribution in [3.63, 3.8) is 0 Å². The van der Waals surface area contributed by atoms with E-state index in [1.807, 2.05) is 60.4 Å². The highest BCUT2D eigenvalue weighted by atomic mass is 16.5. The number of aryl methyl sites for hydroxylation is 2. The van der Waals surface area contributed by atoms with E-state index in [1.165, 1.54) is 11.1 Å². The number of carbonyl (C=O) groups is 1. The second-order valence-electron chi connectivity index (χ2n) is 8.99. The molecule has 4 aromatic rings. The molecule has 1 aliphatic rings. The molecule has 0 aliphatic carbocycles. The Morgan fingerprint density at radius 2 is 1.85 bits per heavy atom. The lowest BCUT2D eigenvalue weighted by Crippen LogP contribution is -2.42. The van der Waals surface area contributed by atoms with Gasteiger partial charge in [-0.15, -0.1) is 0 Å². The average Bonchev–Trinajstić information content (AvgIpc) is 3.24. The molecule has 0 saturated heterocycles. The SMILES string of the molecule is COc1ccc2[nH]c3c(c2c1)CCN(C(=O)c1ccc(C)c(C)c1)[C@@H]3COCc1ccccc1. The molecule has 3 aromatic carbocycles. The van der Waals surface area contributed by atoms with Gasteiger partial charge in [0.15, 0.2) is 0 Å². The monoisotopic (exact) mass is 454 g/mol. The molecule has 5 heteroatoms. The van der Waals surface area contributed by atoms with Crippen molar-refractivity contribution in [3.8, 4) is 5.75 Å². The van der Waals surface area contributed by atoms with Crippen LogP contribution in [0, 0.1) is 13.8 Å². The molecule has 0 saturated carbocycles. The third-order valence-electron chi connectivity index (χ3n) is 6.86. The molecule has 5 nitrogen and oxygen atoms in total. The Labute approximate surface area is 200 Å². The van der Waals surface area contributed by atoms with Crippen molar-refractivity contribution in [2.45, 2.75) is 32.9 Å². The molecule has 5 rings (SSSR count). The van der Waals surface area contributed by atoms with Crippen molar-refractivity contribution in [1.29, 1.82) is 0 Å². The number of hydrogen-bond donors (Lipinski definition) is 1. The van der Waals surface area contributed by atoms with Gasteiger partial charge in [0.05, 0.1) is 26.4 Å². The summed E-state index contributed by atoms with van der Waals surface area (Å²) in [6.45, 7) is 5.68. The highest BCUT2D eigenvalue weighted by molar-refractivity contribution is 5.95. The third kappa shape index (κ3) is 4.19. The molecule has 1 N–H and O–H groups in total. The molecule has 1 aromatic heterocycles. The van der Waals surface area contributed by atoms with Gasteiger partial charge >= 0.3 is 0 Å². The summed E-state index contributed by atoms with van der Waals surface area (Å²) in [4.78, 5) is 19.2. The minimum absolute atomic E-state index is 0.0401. The van der Waals surface area contributed by atoms with Crippen molar-refractivity contribution < 1.29 is 14.3 Å². The maximum Gasteiger partial charge on any atom is 0.254 e. The number of methoxy groups -OCH3 is 1. The molecular formula is C29H30N2O3. The van der Waals surface area contributed by atoms with Crippen LogP contribution in [-0.4, -0.2) is 36.1 Å². The molecule has 0 radical (unpaired) electrons. The van der Waals surface area contributed by atoms with Crippen LogP contribution in [0.5, 0.6) is 5.75 Å². The van der Waals surface area contributed by atoms with E-state index in [0.717, 1.165) is 45.5 Å². The lowest BCUT2D eigenvalue weighted by Gasteiger charge is -2.36. The molecule has 0 fully saturated rings. The van der Waals surface area contributed by atoms with Gasteiger partial charge < -0.3 is 19.4 Å². The van der Waals surface area contributed by atoms with Gasteiger partial charge in [0.2, 0.25) is 0 Å². The van der Waals surface area contributed by atoms with E-state index in [4.69, 9.17) is 9.47 Å². The molecule has 0 spiro atoms. The summed E-state index contributed by atoms with van der Waals surface area (Å²) in [5.74, 6) is 0.873. The van der Waals surface area contributed by atoms with Gasteiger partial charge in [-0.2, -0.15) is 0 Å². The smallest absolute Gasteiger partial charge is 0.254 e. The number of fused-ring (bicyclic) bond motifs is 3. The van der Waals surface area contributed by atoms with Crippen LogP contribution in [0.4, 0.5) is 0 Å². The number of rotatable bonds is 6. The molecule has 0 unspecified atom stereocenters. The van der Waals surface area contributed by atoms with Gasteiger partial charge in [0.1, 0.15) is 5.75 Å². The number of aromatic nitrogens is 1. The Balaban J connectivity index is 1.49. The van der Waals surface area contributed by atoms with Crippen LogP contribution in [0.2, 0.25) is 0 Å². The summed E-state index contributed by atoms with van der Waals surface area (Å²) in [5, 5.41) is 1.15. The first-order valence-corrected chi connectivity index (χ1v) is 11.7. The Morgan fingerprint density at radius 3 is 2.62 bits per heavy atom. The summed E-state index contributed by atoms with van der Waals surface area (Å²) in [6.07, 6.45) is 0.786. The highest BCUT2D eigenvalue weighted by Crippen LogP contribution is 2.37. The Hall–Kier alpha value is -3.57. The topological polar surface area (TPSA) is 54.6 Å². The molecule has 2 heterocycles. The quantitative estimate of drug-likeness (QED) is 0.404. The van der Waals surface area contributed by atoms with E-state index in [0.29, 0.717) is 19.8 Å². The Morgan fingerprint density at radius 1 is 1.03 bits per heavy atom. The average molecular weight is 455 g/mol. The minimum atomic E-state index is -0.194. The summed E-state index contributed by atoms with van der Waals surface area (Å²) < 4.78 is 11.6. The fourth-order valence-electron chi connectivity index (χ4n) is 4.79. The highest BCUT2D eigenvalue weighted by Gasteiger charge is 2.34. The van der Waals surface area contributed by atoms with Gasteiger partial charge in [-0.25, -0.2) is 0 Å². The normalized spacial score (nSPS) is 15.4. The molecule has 1 aliphatic heterocycles. The van der Waals surface area contributed by atoms with Gasteiger partial charge in [0, 0.05) is 28.7 Å². The lowest BCUT2D eigenvalue weighted by atomic mass is 9.96. The van der Waals surface area contributed by atoms with Crippen molar-refractivity contribution >= 4 is 16.8 Å². The second-order valence-corrected chi connectivity index (χ2v) is 8.99. The first-order valence-electron chi connectivity index (χ1n) is 11.7. The molecule has 0 bridgehead atoms. The van der Waals surface area contributed by atoms with Crippen LogP contribution in [0.25, 0.3) is 10.9 Å². The second kappa shape index (κ2) is 9.35. The first kappa shape index (κ1) is 22.2. The zero-order chi connectivity index (χ0) is 23.7. The van der Waals surface area contributed by atoms with Crippen LogP contribution in [0.15, 0.2) is 66.7 Å². The number of aromatic amines is 1. The van der Waals surface area contributed by atoms with E-state index < -0.39 is 0 Å². The van der Waals surface area contributed by atoms with Crippen molar-refractivity contribution in [3.05, 3.63) is 100 Å². The fourth-order valence-corrected chi connectivity index (χ4v) is 4.79. The van der Waals surface area contributed by atoms with Crippen LogP contribution in [-0.2, 0) is 17.8 Å². The first-order chi connectivity index (χ1) is 16.5. The van der Waals surface area contributed by atoms with Crippen LogP contribution >= 0.6 is 0 Å². The summed E-state index contributed by atoms with van der Waals surface area (Å²) >= 11 is 0. The van der Waals surface area contributed by atoms with Gasteiger partial charge in [-0.1, -0.05) is 36.4 Å². The Bertz CT molecular complexity index is 1330. The Kier molecular flexibility index (Phi) is 6.12. The van der Waals surface area contributed by atoms with E-state index in [9.17, 15) is 4.79 Å². The van der Waals surface area contributed by atoms with E-state index in [-0.39, 0.29) is 11.9 Å². The number of amides is 1. The van der Waals surface area contributed by atoms with Gasteiger partial charge in [-0.3, -0.25) is 4.79 Å². The maximum atomic E-state index is 13.7. The van der Waals surface area contributed by atoms with Crippen molar-refractivity contribution in [2.24, 2.45) is 0 Å². The zero-order valence-corrected chi connectivity index (χ0v) is 19.9. The number of hydrogen-bond acceptors (Lipinski definition) is 3. The van der Waals surface area contributed by atoms with E-state index >= 15 is 0 Å². The molecule has 174 valence electrons. The van der Waals surface area contributed by atoms with Crippen LogP contribution in [0.1, 0.15) is 44.3 Å². The molecular weight excluding hydrogens is 424 g/mol. The fraction of sp³-hybridized carbons (Fsp3) is 0.276. The largest absolute Gasteiger partial charge is 0.497 e. The standard InChI is InChI=1S/C29H30N2O3/c1-19-9-10-22(15-20(19)2)29(32)31-14-13-24-25-16-23(33-3)11-12-26(25)30-28(24)27(31)18-34-17-21-7-5-4-6-8-21/h4-12,15-16,27,30H,13-14,17-18H2,1-3H3/t27-/m1/s1. The molecule has 34 heavy (non-hydrogen) atoms. The molecule has 1 amide bonds. The number of ether oxygens (including phenoxy) is 2. The number of nitrogens with one attached hydrogen (secondary N) is 1. The summed E-state index contributed by atoms with van der Waals surface area (Å²) in [5.41, 5.74) is 7.50.